The molecule has 3 heterocycles. The standard InChI is InChI=1S/C24H25N3O2/c28-24(20-12-7-14-25-20)27-15-13-21-19(16-27)23(26-29-21)22(17-8-3-1-4-9-17)18-10-5-2-6-11-18/h1-6,8-11,20,22,25H,7,12-16H2/t20-/m1/s1. The van der Waals surface area contributed by atoms with Crippen molar-refractivity contribution >= 4 is 5.91 Å². The molecule has 1 fully saturated rings. The fourth-order valence-electron chi connectivity index (χ4n) is 4.56. The van der Waals surface area contributed by atoms with E-state index in [9.17, 15) is 4.79 Å². The van der Waals surface area contributed by atoms with E-state index in [4.69, 9.17) is 4.52 Å². The summed E-state index contributed by atoms with van der Waals surface area (Å²) in [6.45, 7) is 2.19. The summed E-state index contributed by atoms with van der Waals surface area (Å²) in [5.41, 5.74) is 4.35. The molecule has 0 spiro atoms. The lowest BCUT2D eigenvalue weighted by Gasteiger charge is -2.29. The van der Waals surface area contributed by atoms with Crippen molar-refractivity contribution in [1.29, 1.82) is 0 Å². The van der Waals surface area contributed by atoms with Crippen molar-refractivity contribution in [2.45, 2.75) is 37.8 Å². The Morgan fingerprint density at radius 1 is 1.07 bits per heavy atom. The van der Waals surface area contributed by atoms with E-state index in [-0.39, 0.29) is 17.9 Å². The molecule has 1 N–H and O–H groups in total. The minimum Gasteiger partial charge on any atom is -0.361 e. The van der Waals surface area contributed by atoms with Crippen molar-refractivity contribution in [2.24, 2.45) is 0 Å². The zero-order chi connectivity index (χ0) is 19.6. The van der Waals surface area contributed by atoms with Gasteiger partial charge in [0.1, 0.15) is 11.5 Å². The van der Waals surface area contributed by atoms with Crippen molar-refractivity contribution < 1.29 is 9.32 Å². The van der Waals surface area contributed by atoms with Crippen LogP contribution in [0, 0.1) is 0 Å². The Morgan fingerprint density at radius 3 is 2.38 bits per heavy atom. The summed E-state index contributed by atoms with van der Waals surface area (Å²) in [5, 5.41) is 7.84. The maximum atomic E-state index is 13.0. The monoisotopic (exact) mass is 387 g/mol. The van der Waals surface area contributed by atoms with Gasteiger partial charge in [-0.2, -0.15) is 0 Å². The first kappa shape index (κ1) is 18.1. The normalized spacial score (nSPS) is 18.8. The first-order valence-corrected chi connectivity index (χ1v) is 10.4. The van der Waals surface area contributed by atoms with E-state index in [0.717, 1.165) is 42.8 Å². The summed E-state index contributed by atoms with van der Waals surface area (Å²) in [6, 6.07) is 20.8. The van der Waals surface area contributed by atoms with E-state index in [1.165, 1.54) is 11.1 Å². The van der Waals surface area contributed by atoms with Gasteiger partial charge in [-0.25, -0.2) is 0 Å². The third kappa shape index (κ3) is 3.47. The molecule has 3 aromatic rings. The van der Waals surface area contributed by atoms with Crippen molar-refractivity contribution in [3.8, 4) is 0 Å². The summed E-state index contributed by atoms with van der Waals surface area (Å²) in [5.74, 6) is 1.11. The van der Waals surface area contributed by atoms with E-state index in [1.807, 2.05) is 17.0 Å². The molecule has 1 atom stereocenters. The largest absolute Gasteiger partial charge is 0.361 e. The molecule has 5 nitrogen and oxygen atoms in total. The summed E-state index contributed by atoms with van der Waals surface area (Å²) < 4.78 is 5.76. The molecule has 148 valence electrons. The maximum Gasteiger partial charge on any atom is 0.240 e. The van der Waals surface area contributed by atoms with Gasteiger partial charge in [-0.1, -0.05) is 65.8 Å². The first-order valence-electron chi connectivity index (χ1n) is 10.4. The molecule has 5 heteroatoms. The van der Waals surface area contributed by atoms with Gasteiger partial charge in [-0.05, 0) is 30.5 Å². The highest BCUT2D eigenvalue weighted by molar-refractivity contribution is 5.82. The SMILES string of the molecule is O=C([C@H]1CCCN1)N1CCc2onc(C(c3ccccc3)c3ccccc3)c2C1. The lowest BCUT2D eigenvalue weighted by molar-refractivity contribution is -0.134. The van der Waals surface area contributed by atoms with Crippen LogP contribution in [0.25, 0.3) is 0 Å². The summed E-state index contributed by atoms with van der Waals surface area (Å²) in [6.07, 6.45) is 2.71. The second-order valence-corrected chi connectivity index (χ2v) is 7.88. The minimum absolute atomic E-state index is 0.00967. The molecule has 1 aromatic heterocycles. The van der Waals surface area contributed by atoms with Crippen LogP contribution in [0.2, 0.25) is 0 Å². The number of fused-ring (bicyclic) bond motifs is 1. The Bertz CT molecular complexity index is 938. The molecule has 0 aliphatic carbocycles. The van der Waals surface area contributed by atoms with Crippen LogP contribution in [0.1, 0.15) is 46.9 Å². The number of benzene rings is 2. The second kappa shape index (κ2) is 7.84. The molecular weight excluding hydrogens is 362 g/mol. The van der Waals surface area contributed by atoms with Gasteiger partial charge < -0.3 is 14.7 Å². The molecule has 0 saturated carbocycles. The predicted molar refractivity (Wildman–Crippen MR) is 110 cm³/mol. The molecule has 1 amide bonds. The Hall–Kier alpha value is -2.92. The van der Waals surface area contributed by atoms with Crippen LogP contribution in [0.5, 0.6) is 0 Å². The first-order chi connectivity index (χ1) is 14.3. The number of carbonyl (C=O) groups excluding carboxylic acids is 1. The second-order valence-electron chi connectivity index (χ2n) is 7.88. The predicted octanol–water partition coefficient (Wildman–Crippen LogP) is 3.49. The highest BCUT2D eigenvalue weighted by Gasteiger charge is 2.34. The number of hydrogen-bond donors (Lipinski definition) is 1. The molecule has 0 radical (unpaired) electrons. The molecular formula is C24H25N3O2. The minimum atomic E-state index is -0.0427. The molecule has 2 aliphatic rings. The van der Waals surface area contributed by atoms with Crippen LogP contribution in [0.3, 0.4) is 0 Å². The third-order valence-electron chi connectivity index (χ3n) is 6.07. The number of aromatic nitrogens is 1. The molecule has 2 aliphatic heterocycles. The van der Waals surface area contributed by atoms with Crippen molar-refractivity contribution in [2.75, 3.05) is 13.1 Å². The number of amides is 1. The number of nitrogens with one attached hydrogen (secondary N) is 1. The van der Waals surface area contributed by atoms with E-state index < -0.39 is 0 Å². The van der Waals surface area contributed by atoms with Crippen molar-refractivity contribution in [3.05, 3.63) is 88.8 Å². The molecule has 0 bridgehead atoms. The lowest BCUT2D eigenvalue weighted by atomic mass is 9.85. The number of rotatable bonds is 4. The van der Waals surface area contributed by atoms with Gasteiger partial charge in [0.2, 0.25) is 5.91 Å². The van der Waals surface area contributed by atoms with Crippen LogP contribution in [0.4, 0.5) is 0 Å². The Morgan fingerprint density at radius 2 is 1.76 bits per heavy atom. The molecule has 5 rings (SSSR count). The fourth-order valence-corrected chi connectivity index (χ4v) is 4.56. The van der Waals surface area contributed by atoms with E-state index in [1.54, 1.807) is 0 Å². The maximum absolute atomic E-state index is 13.0. The quantitative estimate of drug-likeness (QED) is 0.745. The number of hydrogen-bond acceptors (Lipinski definition) is 4. The molecule has 0 unspecified atom stereocenters. The Balaban J connectivity index is 1.51. The Kier molecular flexibility index (Phi) is 4.90. The topological polar surface area (TPSA) is 58.4 Å². The van der Waals surface area contributed by atoms with E-state index >= 15 is 0 Å². The third-order valence-corrected chi connectivity index (χ3v) is 6.07. The number of nitrogens with zero attached hydrogens (tertiary/aromatic N) is 2. The van der Waals surface area contributed by atoms with Crippen LogP contribution in [-0.4, -0.2) is 35.1 Å². The van der Waals surface area contributed by atoms with Gasteiger partial charge in [0.25, 0.3) is 0 Å². The summed E-state index contributed by atoms with van der Waals surface area (Å²) in [7, 11) is 0. The Labute approximate surface area is 170 Å². The average Bonchev–Trinajstić information content (AvgIpc) is 3.45. The zero-order valence-electron chi connectivity index (χ0n) is 16.4. The van der Waals surface area contributed by atoms with Gasteiger partial charge in [-0.15, -0.1) is 0 Å². The summed E-state index contributed by atoms with van der Waals surface area (Å²) in [4.78, 5) is 14.9. The smallest absolute Gasteiger partial charge is 0.240 e. The van der Waals surface area contributed by atoms with Gasteiger partial charge in [0.15, 0.2) is 0 Å². The van der Waals surface area contributed by atoms with E-state index in [2.05, 4.69) is 59.0 Å². The molecule has 29 heavy (non-hydrogen) atoms. The van der Waals surface area contributed by atoms with Gasteiger partial charge >= 0.3 is 0 Å². The average molecular weight is 387 g/mol. The van der Waals surface area contributed by atoms with Crippen LogP contribution >= 0.6 is 0 Å². The van der Waals surface area contributed by atoms with Crippen molar-refractivity contribution in [1.82, 2.24) is 15.4 Å². The molecule has 1 saturated heterocycles. The van der Waals surface area contributed by atoms with Crippen LogP contribution in [0.15, 0.2) is 65.2 Å². The fraction of sp³-hybridized carbons (Fsp3) is 0.333. The zero-order valence-corrected chi connectivity index (χ0v) is 16.4. The van der Waals surface area contributed by atoms with Crippen molar-refractivity contribution in [3.63, 3.8) is 0 Å². The lowest BCUT2D eigenvalue weighted by Crippen LogP contribution is -2.45. The van der Waals surface area contributed by atoms with Crippen LogP contribution < -0.4 is 5.32 Å². The van der Waals surface area contributed by atoms with Gasteiger partial charge in [0.05, 0.1) is 18.5 Å². The highest BCUT2D eigenvalue weighted by Crippen LogP contribution is 2.36. The van der Waals surface area contributed by atoms with Gasteiger partial charge in [0, 0.05) is 18.5 Å². The highest BCUT2D eigenvalue weighted by atomic mass is 16.5. The van der Waals surface area contributed by atoms with E-state index in [0.29, 0.717) is 13.1 Å². The summed E-state index contributed by atoms with van der Waals surface area (Å²) >= 11 is 0. The van der Waals surface area contributed by atoms with Crippen LogP contribution in [-0.2, 0) is 17.8 Å². The number of carbonyl (C=O) groups is 1. The van der Waals surface area contributed by atoms with Gasteiger partial charge in [-0.3, -0.25) is 4.79 Å². The molecule has 2 aromatic carbocycles.